The zero-order valence-corrected chi connectivity index (χ0v) is 18.5. The summed E-state index contributed by atoms with van der Waals surface area (Å²) in [5, 5.41) is 0. The number of benzene rings is 2. The number of carbonyl (C=O) groups excluding carboxylic acids is 1. The summed E-state index contributed by atoms with van der Waals surface area (Å²) in [6.07, 6.45) is 11.2. The molecule has 0 heterocycles. The Balaban J connectivity index is 1.65. The molecule has 2 aromatic rings. The van der Waals surface area contributed by atoms with Crippen molar-refractivity contribution in [2.24, 2.45) is 0 Å². The molecule has 0 unspecified atom stereocenters. The Bertz CT molecular complexity index is 707. The topological polar surface area (TPSA) is 44.8 Å². The normalized spacial score (nSPS) is 10.6. The van der Waals surface area contributed by atoms with Crippen LogP contribution in [0.3, 0.4) is 0 Å². The Hall–Kier alpha value is -2.49. The van der Waals surface area contributed by atoms with Crippen molar-refractivity contribution < 1.29 is 19.0 Å². The summed E-state index contributed by atoms with van der Waals surface area (Å²) in [4.78, 5) is 12.3. The number of rotatable bonds is 15. The fourth-order valence-corrected chi connectivity index (χ4v) is 3.10. The van der Waals surface area contributed by atoms with E-state index in [1.165, 1.54) is 44.9 Å². The van der Waals surface area contributed by atoms with Gasteiger partial charge in [-0.1, -0.05) is 58.8 Å². The van der Waals surface area contributed by atoms with Crippen LogP contribution in [0.15, 0.2) is 48.5 Å². The van der Waals surface area contributed by atoms with E-state index < -0.39 is 0 Å². The monoisotopic (exact) mass is 412 g/mol. The van der Waals surface area contributed by atoms with Crippen LogP contribution in [0.25, 0.3) is 0 Å². The predicted molar refractivity (Wildman–Crippen MR) is 122 cm³/mol. The second-order valence-electron chi connectivity index (χ2n) is 7.56. The van der Waals surface area contributed by atoms with Gasteiger partial charge in [0.15, 0.2) is 0 Å². The van der Waals surface area contributed by atoms with Crippen molar-refractivity contribution in [1.29, 1.82) is 0 Å². The van der Waals surface area contributed by atoms with Crippen molar-refractivity contribution in [2.75, 3.05) is 13.2 Å². The molecule has 0 aliphatic rings. The summed E-state index contributed by atoms with van der Waals surface area (Å²) in [6, 6.07) is 14.2. The van der Waals surface area contributed by atoms with Crippen molar-refractivity contribution in [1.82, 2.24) is 0 Å². The highest BCUT2D eigenvalue weighted by Gasteiger charge is 2.09. The van der Waals surface area contributed by atoms with Gasteiger partial charge in [-0.3, -0.25) is 0 Å². The highest BCUT2D eigenvalue weighted by molar-refractivity contribution is 5.91. The lowest BCUT2D eigenvalue weighted by Gasteiger charge is -2.09. The summed E-state index contributed by atoms with van der Waals surface area (Å²) < 4.78 is 16.8. The molecular formula is C26H36O4. The maximum absolute atomic E-state index is 12.3. The minimum absolute atomic E-state index is 0.385. The van der Waals surface area contributed by atoms with E-state index in [4.69, 9.17) is 14.2 Å². The van der Waals surface area contributed by atoms with Gasteiger partial charge in [-0.2, -0.15) is 0 Å². The maximum atomic E-state index is 12.3. The first kappa shape index (κ1) is 23.8. The standard InChI is InChI=1S/C26H36O4/c1-3-5-6-7-8-9-10-11-21-29-24-16-18-25(19-17-24)30-26(27)22-12-14-23(15-13-22)28-20-4-2/h12-19H,3-11,20-21H2,1-2H3. The van der Waals surface area contributed by atoms with E-state index in [0.717, 1.165) is 30.9 Å². The molecule has 0 aliphatic heterocycles. The molecular weight excluding hydrogens is 376 g/mol. The van der Waals surface area contributed by atoms with E-state index >= 15 is 0 Å². The fraction of sp³-hybridized carbons (Fsp3) is 0.500. The van der Waals surface area contributed by atoms with Gasteiger partial charge >= 0.3 is 5.97 Å². The SMILES string of the molecule is CCCCCCCCCCOc1ccc(OC(=O)c2ccc(OCCC)cc2)cc1. The van der Waals surface area contributed by atoms with Crippen molar-refractivity contribution in [3.63, 3.8) is 0 Å². The molecule has 0 aromatic heterocycles. The van der Waals surface area contributed by atoms with Crippen LogP contribution in [-0.4, -0.2) is 19.2 Å². The number of ether oxygens (including phenoxy) is 3. The Morgan fingerprint density at radius 2 is 1.10 bits per heavy atom. The molecule has 0 spiro atoms. The third-order valence-corrected chi connectivity index (χ3v) is 4.86. The Morgan fingerprint density at radius 1 is 0.600 bits per heavy atom. The van der Waals surface area contributed by atoms with Crippen LogP contribution >= 0.6 is 0 Å². The quantitative estimate of drug-likeness (QED) is 0.176. The number of hydrogen-bond acceptors (Lipinski definition) is 4. The zero-order chi connectivity index (χ0) is 21.4. The second kappa shape index (κ2) is 14.5. The van der Waals surface area contributed by atoms with E-state index in [9.17, 15) is 4.79 Å². The highest BCUT2D eigenvalue weighted by Crippen LogP contribution is 2.20. The fourth-order valence-electron chi connectivity index (χ4n) is 3.10. The minimum Gasteiger partial charge on any atom is -0.494 e. The number of unbranched alkanes of at least 4 members (excludes halogenated alkanes) is 7. The molecule has 4 heteroatoms. The lowest BCUT2D eigenvalue weighted by molar-refractivity contribution is 0.0734. The lowest BCUT2D eigenvalue weighted by Crippen LogP contribution is -2.08. The van der Waals surface area contributed by atoms with Gasteiger partial charge in [0.05, 0.1) is 18.8 Å². The third kappa shape index (κ3) is 9.34. The van der Waals surface area contributed by atoms with Crippen molar-refractivity contribution in [3.05, 3.63) is 54.1 Å². The summed E-state index contributed by atoms with van der Waals surface area (Å²) in [6.45, 7) is 5.69. The zero-order valence-electron chi connectivity index (χ0n) is 18.5. The molecule has 0 radical (unpaired) electrons. The van der Waals surface area contributed by atoms with E-state index in [-0.39, 0.29) is 5.97 Å². The third-order valence-electron chi connectivity index (χ3n) is 4.86. The molecule has 0 atom stereocenters. The van der Waals surface area contributed by atoms with Gasteiger partial charge in [0.1, 0.15) is 17.2 Å². The summed E-state index contributed by atoms with van der Waals surface area (Å²) in [5.74, 6) is 1.68. The van der Waals surface area contributed by atoms with E-state index in [1.807, 2.05) is 12.1 Å². The van der Waals surface area contributed by atoms with Gasteiger partial charge in [-0.25, -0.2) is 4.79 Å². The van der Waals surface area contributed by atoms with E-state index in [0.29, 0.717) is 17.9 Å². The summed E-state index contributed by atoms with van der Waals surface area (Å²) in [5.41, 5.74) is 0.494. The molecule has 0 fully saturated rings. The van der Waals surface area contributed by atoms with Gasteiger partial charge in [-0.05, 0) is 61.4 Å². The summed E-state index contributed by atoms with van der Waals surface area (Å²) in [7, 11) is 0. The molecule has 0 saturated heterocycles. The van der Waals surface area contributed by atoms with Crippen molar-refractivity contribution in [2.45, 2.75) is 71.6 Å². The van der Waals surface area contributed by atoms with Gasteiger partial charge in [-0.15, -0.1) is 0 Å². The average Bonchev–Trinajstić information content (AvgIpc) is 2.78. The largest absolute Gasteiger partial charge is 0.494 e. The molecule has 0 aliphatic carbocycles. The van der Waals surface area contributed by atoms with Crippen LogP contribution in [0.1, 0.15) is 82.0 Å². The van der Waals surface area contributed by atoms with Crippen LogP contribution < -0.4 is 14.2 Å². The Kier molecular flexibility index (Phi) is 11.5. The van der Waals surface area contributed by atoms with Crippen LogP contribution in [0, 0.1) is 0 Å². The number of esters is 1. The molecule has 30 heavy (non-hydrogen) atoms. The molecule has 2 rings (SSSR count). The van der Waals surface area contributed by atoms with Gasteiger partial charge in [0, 0.05) is 0 Å². The average molecular weight is 413 g/mol. The van der Waals surface area contributed by atoms with Crippen LogP contribution in [0.5, 0.6) is 17.2 Å². The molecule has 2 aromatic carbocycles. The lowest BCUT2D eigenvalue weighted by atomic mass is 10.1. The van der Waals surface area contributed by atoms with Crippen molar-refractivity contribution in [3.8, 4) is 17.2 Å². The molecule has 0 amide bonds. The smallest absolute Gasteiger partial charge is 0.343 e. The number of hydrogen-bond donors (Lipinski definition) is 0. The van der Waals surface area contributed by atoms with Crippen LogP contribution in [0.2, 0.25) is 0 Å². The predicted octanol–water partition coefficient (Wildman–Crippen LogP) is 7.21. The molecule has 4 nitrogen and oxygen atoms in total. The van der Waals surface area contributed by atoms with Crippen LogP contribution in [-0.2, 0) is 0 Å². The highest BCUT2D eigenvalue weighted by atomic mass is 16.5. The molecule has 0 bridgehead atoms. The summed E-state index contributed by atoms with van der Waals surface area (Å²) >= 11 is 0. The van der Waals surface area contributed by atoms with Gasteiger partial charge < -0.3 is 14.2 Å². The Labute approximate surface area is 181 Å². The first-order chi connectivity index (χ1) is 14.7. The van der Waals surface area contributed by atoms with Gasteiger partial charge in [0.25, 0.3) is 0 Å². The minimum atomic E-state index is -0.385. The second-order valence-corrected chi connectivity index (χ2v) is 7.56. The first-order valence-electron chi connectivity index (χ1n) is 11.4. The molecule has 0 saturated carbocycles. The van der Waals surface area contributed by atoms with E-state index in [1.54, 1.807) is 36.4 Å². The van der Waals surface area contributed by atoms with E-state index in [2.05, 4.69) is 13.8 Å². The van der Waals surface area contributed by atoms with Crippen LogP contribution in [0.4, 0.5) is 0 Å². The number of carbonyl (C=O) groups is 1. The first-order valence-corrected chi connectivity index (χ1v) is 11.4. The Morgan fingerprint density at radius 3 is 1.70 bits per heavy atom. The molecule has 0 N–H and O–H groups in total. The molecule has 164 valence electrons. The van der Waals surface area contributed by atoms with Crippen molar-refractivity contribution >= 4 is 5.97 Å². The maximum Gasteiger partial charge on any atom is 0.343 e. The van der Waals surface area contributed by atoms with Gasteiger partial charge in [0.2, 0.25) is 0 Å².